The number of hydrogen-bond acceptors (Lipinski definition) is 2. The Morgan fingerprint density at radius 1 is 1.25 bits per heavy atom. The fraction of sp³-hybridized carbons (Fsp3) is 0.444. The van der Waals surface area contributed by atoms with Crippen LogP contribution in [-0.2, 0) is 13.0 Å². The SMILES string of the molecule is CN=C(NCCCCn1ccnc1C)NCCc1cccc(F)c1. The number of benzene rings is 1. The predicted molar refractivity (Wildman–Crippen MR) is 95.7 cm³/mol. The van der Waals surface area contributed by atoms with Gasteiger partial charge in [0.15, 0.2) is 5.96 Å². The first-order chi connectivity index (χ1) is 11.7. The van der Waals surface area contributed by atoms with E-state index in [-0.39, 0.29) is 5.82 Å². The number of nitrogens with zero attached hydrogens (tertiary/aromatic N) is 3. The van der Waals surface area contributed by atoms with E-state index in [2.05, 4.69) is 25.2 Å². The summed E-state index contributed by atoms with van der Waals surface area (Å²) in [5, 5.41) is 6.55. The maximum absolute atomic E-state index is 13.1. The first-order valence-corrected chi connectivity index (χ1v) is 8.36. The summed E-state index contributed by atoms with van der Waals surface area (Å²) in [6.45, 7) is 4.59. The van der Waals surface area contributed by atoms with Crippen molar-refractivity contribution in [3.63, 3.8) is 0 Å². The van der Waals surface area contributed by atoms with Crippen molar-refractivity contribution in [2.24, 2.45) is 4.99 Å². The standard InChI is InChI=1S/C18H26FN5/c1-15-21-11-13-24(15)12-4-3-9-22-18(20-2)23-10-8-16-6-5-7-17(19)14-16/h5-7,11,13-14H,3-4,8-10,12H2,1-2H3,(H2,20,22,23). The quantitative estimate of drug-likeness (QED) is 0.444. The van der Waals surface area contributed by atoms with Crippen LogP contribution >= 0.6 is 0 Å². The predicted octanol–water partition coefficient (Wildman–Crippen LogP) is 2.52. The highest BCUT2D eigenvalue weighted by Gasteiger charge is 2.00. The molecule has 5 nitrogen and oxygen atoms in total. The number of aromatic nitrogens is 2. The molecule has 2 rings (SSSR count). The summed E-state index contributed by atoms with van der Waals surface area (Å²) in [5.41, 5.74) is 0.980. The molecule has 0 atom stereocenters. The molecular weight excluding hydrogens is 305 g/mol. The zero-order valence-electron chi connectivity index (χ0n) is 14.4. The first kappa shape index (κ1) is 18.0. The zero-order valence-corrected chi connectivity index (χ0v) is 14.4. The maximum atomic E-state index is 13.1. The summed E-state index contributed by atoms with van der Waals surface area (Å²) in [5.74, 6) is 1.64. The molecule has 0 aliphatic heterocycles. The molecule has 0 radical (unpaired) electrons. The number of aliphatic imine (C=N–C) groups is 1. The number of hydrogen-bond donors (Lipinski definition) is 2. The number of halogens is 1. The Morgan fingerprint density at radius 3 is 2.79 bits per heavy atom. The van der Waals surface area contributed by atoms with E-state index in [9.17, 15) is 4.39 Å². The number of aryl methyl sites for hydroxylation is 2. The van der Waals surface area contributed by atoms with Gasteiger partial charge in [0.05, 0.1) is 0 Å². The molecule has 0 amide bonds. The van der Waals surface area contributed by atoms with Gasteiger partial charge in [-0.1, -0.05) is 12.1 Å². The lowest BCUT2D eigenvalue weighted by atomic mass is 10.1. The van der Waals surface area contributed by atoms with E-state index < -0.39 is 0 Å². The summed E-state index contributed by atoms with van der Waals surface area (Å²) in [7, 11) is 1.76. The van der Waals surface area contributed by atoms with Crippen LogP contribution in [0.3, 0.4) is 0 Å². The largest absolute Gasteiger partial charge is 0.356 e. The molecule has 0 saturated carbocycles. The number of rotatable bonds is 8. The average molecular weight is 331 g/mol. The third-order valence-electron chi connectivity index (χ3n) is 3.86. The van der Waals surface area contributed by atoms with Crippen LogP contribution in [-0.4, -0.2) is 35.6 Å². The molecule has 0 spiro atoms. The van der Waals surface area contributed by atoms with Gasteiger partial charge < -0.3 is 15.2 Å². The Kier molecular flexibility index (Phi) is 7.26. The number of unbranched alkanes of at least 4 members (excludes halogenated alkanes) is 1. The second kappa shape index (κ2) is 9.70. The summed E-state index contributed by atoms with van der Waals surface area (Å²) < 4.78 is 15.3. The van der Waals surface area contributed by atoms with Crippen LogP contribution in [0.4, 0.5) is 4.39 Å². The van der Waals surface area contributed by atoms with Crippen molar-refractivity contribution in [2.75, 3.05) is 20.1 Å². The minimum atomic E-state index is -0.192. The normalized spacial score (nSPS) is 11.5. The van der Waals surface area contributed by atoms with Gasteiger partial charge in [0.25, 0.3) is 0 Å². The van der Waals surface area contributed by atoms with E-state index in [1.54, 1.807) is 19.2 Å². The van der Waals surface area contributed by atoms with Crippen LogP contribution in [0.5, 0.6) is 0 Å². The van der Waals surface area contributed by atoms with E-state index in [4.69, 9.17) is 0 Å². The van der Waals surface area contributed by atoms with Crippen LogP contribution < -0.4 is 10.6 Å². The molecule has 130 valence electrons. The number of imidazole rings is 1. The molecule has 0 aliphatic carbocycles. The monoisotopic (exact) mass is 331 g/mol. The fourth-order valence-corrected chi connectivity index (χ4v) is 2.49. The van der Waals surface area contributed by atoms with Gasteiger partial charge in [-0.2, -0.15) is 0 Å². The van der Waals surface area contributed by atoms with E-state index >= 15 is 0 Å². The molecule has 6 heteroatoms. The van der Waals surface area contributed by atoms with Crippen molar-refractivity contribution >= 4 is 5.96 Å². The van der Waals surface area contributed by atoms with Crippen molar-refractivity contribution in [2.45, 2.75) is 32.7 Å². The summed E-state index contributed by atoms with van der Waals surface area (Å²) in [6.07, 6.45) is 6.75. The van der Waals surface area contributed by atoms with Crippen molar-refractivity contribution in [1.82, 2.24) is 20.2 Å². The summed E-state index contributed by atoms with van der Waals surface area (Å²) >= 11 is 0. The van der Waals surface area contributed by atoms with E-state index in [1.165, 1.54) is 6.07 Å². The highest BCUT2D eigenvalue weighted by molar-refractivity contribution is 5.79. The Hall–Kier alpha value is -2.37. The van der Waals surface area contributed by atoms with Gasteiger partial charge in [-0.3, -0.25) is 4.99 Å². The Bertz CT molecular complexity index is 650. The number of guanidine groups is 1. The molecular formula is C18H26FN5. The lowest BCUT2D eigenvalue weighted by Gasteiger charge is -2.12. The maximum Gasteiger partial charge on any atom is 0.190 e. The molecule has 1 heterocycles. The molecule has 0 saturated heterocycles. The third-order valence-corrected chi connectivity index (χ3v) is 3.86. The first-order valence-electron chi connectivity index (χ1n) is 8.36. The molecule has 0 fully saturated rings. The summed E-state index contributed by atoms with van der Waals surface area (Å²) in [6, 6.07) is 6.69. The van der Waals surface area contributed by atoms with Gasteiger partial charge in [0.1, 0.15) is 11.6 Å². The van der Waals surface area contributed by atoms with Gasteiger partial charge in [-0.15, -0.1) is 0 Å². The summed E-state index contributed by atoms with van der Waals surface area (Å²) in [4.78, 5) is 8.42. The molecule has 2 N–H and O–H groups in total. The van der Waals surface area contributed by atoms with E-state index in [0.717, 1.165) is 56.2 Å². The second-order valence-corrected chi connectivity index (χ2v) is 5.68. The fourth-order valence-electron chi connectivity index (χ4n) is 2.49. The number of nitrogens with one attached hydrogen (secondary N) is 2. The van der Waals surface area contributed by atoms with Crippen molar-refractivity contribution in [3.05, 3.63) is 53.9 Å². The Morgan fingerprint density at radius 2 is 2.08 bits per heavy atom. The highest BCUT2D eigenvalue weighted by Crippen LogP contribution is 2.03. The van der Waals surface area contributed by atoms with Crippen LogP contribution in [0.25, 0.3) is 0 Å². The molecule has 24 heavy (non-hydrogen) atoms. The van der Waals surface area contributed by atoms with Crippen molar-refractivity contribution in [3.8, 4) is 0 Å². The van der Waals surface area contributed by atoms with Crippen LogP contribution in [0, 0.1) is 12.7 Å². The Balaban J connectivity index is 1.59. The van der Waals surface area contributed by atoms with Crippen molar-refractivity contribution < 1.29 is 4.39 Å². The second-order valence-electron chi connectivity index (χ2n) is 5.68. The molecule has 0 unspecified atom stereocenters. The van der Waals surface area contributed by atoms with Crippen LogP contribution in [0.2, 0.25) is 0 Å². The highest BCUT2D eigenvalue weighted by atomic mass is 19.1. The van der Waals surface area contributed by atoms with Gasteiger partial charge >= 0.3 is 0 Å². The topological polar surface area (TPSA) is 54.2 Å². The van der Waals surface area contributed by atoms with Crippen molar-refractivity contribution in [1.29, 1.82) is 0 Å². The van der Waals surface area contributed by atoms with Gasteiger partial charge in [0.2, 0.25) is 0 Å². The molecule has 0 aliphatic rings. The van der Waals surface area contributed by atoms with Crippen LogP contribution in [0.15, 0.2) is 41.7 Å². The molecule has 1 aromatic carbocycles. The van der Waals surface area contributed by atoms with E-state index in [0.29, 0.717) is 0 Å². The molecule has 1 aromatic heterocycles. The van der Waals surface area contributed by atoms with Gasteiger partial charge in [-0.25, -0.2) is 9.37 Å². The minimum absolute atomic E-state index is 0.192. The lowest BCUT2D eigenvalue weighted by molar-refractivity contribution is 0.588. The Labute approximate surface area is 143 Å². The lowest BCUT2D eigenvalue weighted by Crippen LogP contribution is -2.38. The molecule has 0 bridgehead atoms. The van der Waals surface area contributed by atoms with Crippen LogP contribution in [0.1, 0.15) is 24.2 Å². The molecule has 2 aromatic rings. The van der Waals surface area contributed by atoms with Gasteiger partial charge in [0, 0.05) is 39.1 Å². The van der Waals surface area contributed by atoms with Gasteiger partial charge in [-0.05, 0) is 43.9 Å². The third kappa shape index (κ3) is 6.02. The minimum Gasteiger partial charge on any atom is -0.356 e. The zero-order chi connectivity index (χ0) is 17.2. The smallest absolute Gasteiger partial charge is 0.190 e. The average Bonchev–Trinajstić information content (AvgIpc) is 2.98. The van der Waals surface area contributed by atoms with E-state index in [1.807, 2.05) is 25.4 Å².